The van der Waals surface area contributed by atoms with Gasteiger partial charge in [0.15, 0.2) is 11.6 Å². The molecule has 0 aliphatic heterocycles. The Morgan fingerprint density at radius 3 is 2.68 bits per heavy atom. The number of nitrogens with one attached hydrogen (secondary N) is 1. The number of aromatic nitrogens is 2. The van der Waals surface area contributed by atoms with E-state index < -0.39 is 5.82 Å². The summed E-state index contributed by atoms with van der Waals surface area (Å²) in [4.78, 5) is 2.22. The summed E-state index contributed by atoms with van der Waals surface area (Å²) >= 11 is 0. The summed E-state index contributed by atoms with van der Waals surface area (Å²) in [5, 5.41) is 7.18. The molecule has 4 nitrogen and oxygen atoms in total. The summed E-state index contributed by atoms with van der Waals surface area (Å²) in [5.74, 6) is 0.406. The van der Waals surface area contributed by atoms with E-state index in [1.54, 1.807) is 18.2 Å². The van der Waals surface area contributed by atoms with E-state index in [0.717, 1.165) is 36.3 Å². The molecule has 1 aromatic heterocycles. The van der Waals surface area contributed by atoms with E-state index in [4.69, 9.17) is 4.74 Å². The van der Waals surface area contributed by atoms with Crippen molar-refractivity contribution in [3.8, 4) is 22.8 Å². The van der Waals surface area contributed by atoms with Crippen LogP contribution in [0.15, 0.2) is 54.7 Å². The molecule has 0 atom stereocenters. The maximum atomic E-state index is 14.5. The normalized spacial score (nSPS) is 11.0. The molecule has 0 amide bonds. The number of ether oxygens (including phenoxy) is 1. The van der Waals surface area contributed by atoms with Crippen molar-refractivity contribution >= 4 is 0 Å². The predicted octanol–water partition coefficient (Wildman–Crippen LogP) is 4.85. The molecule has 0 aliphatic carbocycles. The first-order valence-electron chi connectivity index (χ1n) is 8.41. The average Bonchev–Trinajstić information content (AvgIpc) is 3.06. The molecule has 0 bridgehead atoms. The number of halogens is 1. The standard InChI is InChI=1S/C20H22FN3O/c1-3-11-24(2)14-16-13-22-23-20(16)15-9-10-19(18(21)12-15)25-17-7-5-4-6-8-17/h4-10,12-13H,3,11,14H2,1-2H3,(H,22,23). The Balaban J connectivity index is 1.80. The fourth-order valence-corrected chi connectivity index (χ4v) is 2.78. The molecule has 3 rings (SSSR count). The van der Waals surface area contributed by atoms with Gasteiger partial charge in [-0.2, -0.15) is 5.10 Å². The van der Waals surface area contributed by atoms with Gasteiger partial charge in [-0.3, -0.25) is 5.10 Å². The molecule has 0 fully saturated rings. The minimum atomic E-state index is -0.405. The highest BCUT2D eigenvalue weighted by Crippen LogP contribution is 2.29. The van der Waals surface area contributed by atoms with Crippen molar-refractivity contribution in [2.75, 3.05) is 13.6 Å². The Morgan fingerprint density at radius 1 is 1.16 bits per heavy atom. The summed E-state index contributed by atoms with van der Waals surface area (Å²) in [6.07, 6.45) is 2.96. The third kappa shape index (κ3) is 4.25. The number of hydrogen-bond acceptors (Lipinski definition) is 3. The van der Waals surface area contributed by atoms with Crippen LogP contribution in [-0.2, 0) is 6.54 Å². The number of para-hydroxylation sites is 1. The molecule has 1 N–H and O–H groups in total. The van der Waals surface area contributed by atoms with Gasteiger partial charge in [0.05, 0.1) is 5.69 Å². The molecule has 2 aromatic carbocycles. The second-order valence-electron chi connectivity index (χ2n) is 6.06. The van der Waals surface area contributed by atoms with Crippen LogP contribution in [-0.4, -0.2) is 28.7 Å². The second-order valence-corrected chi connectivity index (χ2v) is 6.06. The average molecular weight is 339 g/mol. The smallest absolute Gasteiger partial charge is 0.166 e. The first-order chi connectivity index (χ1) is 12.2. The van der Waals surface area contributed by atoms with Crippen LogP contribution < -0.4 is 4.74 Å². The van der Waals surface area contributed by atoms with E-state index in [-0.39, 0.29) is 5.75 Å². The highest BCUT2D eigenvalue weighted by Gasteiger charge is 2.13. The number of H-pyrrole nitrogens is 1. The van der Waals surface area contributed by atoms with Crippen molar-refractivity contribution in [3.05, 3.63) is 66.1 Å². The molecule has 25 heavy (non-hydrogen) atoms. The molecular formula is C20H22FN3O. The summed E-state index contributed by atoms with van der Waals surface area (Å²) in [6, 6.07) is 14.1. The minimum Gasteiger partial charge on any atom is -0.454 e. The van der Waals surface area contributed by atoms with Gasteiger partial charge in [-0.15, -0.1) is 0 Å². The zero-order valence-corrected chi connectivity index (χ0v) is 14.5. The first kappa shape index (κ1) is 17.2. The Kier molecular flexibility index (Phi) is 5.46. The van der Waals surface area contributed by atoms with Gasteiger partial charge in [0.2, 0.25) is 0 Å². The van der Waals surface area contributed by atoms with Gasteiger partial charge in [-0.25, -0.2) is 4.39 Å². The van der Waals surface area contributed by atoms with Gasteiger partial charge in [-0.1, -0.05) is 25.1 Å². The second kappa shape index (κ2) is 7.94. The van der Waals surface area contributed by atoms with Crippen molar-refractivity contribution in [1.29, 1.82) is 0 Å². The summed E-state index contributed by atoms with van der Waals surface area (Å²) < 4.78 is 20.1. The number of aromatic amines is 1. The van der Waals surface area contributed by atoms with E-state index >= 15 is 0 Å². The molecule has 0 aliphatic rings. The Morgan fingerprint density at radius 2 is 1.96 bits per heavy atom. The van der Waals surface area contributed by atoms with Gasteiger partial charge in [0.1, 0.15) is 5.75 Å². The third-order valence-electron chi connectivity index (χ3n) is 3.94. The Hall–Kier alpha value is -2.66. The van der Waals surface area contributed by atoms with Crippen LogP contribution in [0.4, 0.5) is 4.39 Å². The van der Waals surface area contributed by atoms with Crippen LogP contribution in [0.25, 0.3) is 11.3 Å². The predicted molar refractivity (Wildman–Crippen MR) is 97.1 cm³/mol. The third-order valence-corrected chi connectivity index (χ3v) is 3.94. The number of hydrogen-bond donors (Lipinski definition) is 1. The summed E-state index contributed by atoms with van der Waals surface area (Å²) in [7, 11) is 2.07. The molecule has 0 radical (unpaired) electrons. The highest BCUT2D eigenvalue weighted by molar-refractivity contribution is 5.63. The summed E-state index contributed by atoms with van der Waals surface area (Å²) in [5.41, 5.74) is 2.55. The Labute approximate surface area is 147 Å². The largest absolute Gasteiger partial charge is 0.454 e. The molecule has 0 spiro atoms. The number of nitrogens with zero attached hydrogens (tertiary/aromatic N) is 2. The maximum Gasteiger partial charge on any atom is 0.166 e. The van der Waals surface area contributed by atoms with Gasteiger partial charge in [0.25, 0.3) is 0 Å². The molecule has 5 heteroatoms. The topological polar surface area (TPSA) is 41.2 Å². The van der Waals surface area contributed by atoms with Crippen LogP contribution in [0.2, 0.25) is 0 Å². The molecule has 130 valence electrons. The van der Waals surface area contributed by atoms with Crippen LogP contribution >= 0.6 is 0 Å². The molecular weight excluding hydrogens is 317 g/mol. The van der Waals surface area contributed by atoms with Crippen molar-refractivity contribution in [2.45, 2.75) is 19.9 Å². The van der Waals surface area contributed by atoms with Crippen LogP contribution in [0.5, 0.6) is 11.5 Å². The lowest BCUT2D eigenvalue weighted by Gasteiger charge is -2.15. The van der Waals surface area contributed by atoms with Crippen molar-refractivity contribution < 1.29 is 9.13 Å². The zero-order chi connectivity index (χ0) is 17.6. The van der Waals surface area contributed by atoms with E-state index in [9.17, 15) is 4.39 Å². The van der Waals surface area contributed by atoms with Crippen molar-refractivity contribution in [1.82, 2.24) is 15.1 Å². The van der Waals surface area contributed by atoms with Crippen LogP contribution in [0, 0.1) is 5.82 Å². The first-order valence-corrected chi connectivity index (χ1v) is 8.41. The minimum absolute atomic E-state index is 0.204. The number of benzene rings is 2. The molecule has 0 unspecified atom stereocenters. The van der Waals surface area contributed by atoms with E-state index in [2.05, 4.69) is 29.1 Å². The molecule has 0 saturated heterocycles. The van der Waals surface area contributed by atoms with E-state index in [1.165, 1.54) is 6.07 Å². The number of rotatable bonds is 7. The van der Waals surface area contributed by atoms with Gasteiger partial charge in [-0.05, 0) is 50.3 Å². The lowest BCUT2D eigenvalue weighted by atomic mass is 10.1. The molecule has 1 heterocycles. The van der Waals surface area contributed by atoms with E-state index in [0.29, 0.717) is 5.75 Å². The van der Waals surface area contributed by atoms with Gasteiger partial charge >= 0.3 is 0 Å². The quantitative estimate of drug-likeness (QED) is 0.669. The highest BCUT2D eigenvalue weighted by atomic mass is 19.1. The fraction of sp³-hybridized carbons (Fsp3) is 0.250. The fourth-order valence-electron chi connectivity index (χ4n) is 2.78. The molecule has 3 aromatic rings. The van der Waals surface area contributed by atoms with Crippen molar-refractivity contribution in [3.63, 3.8) is 0 Å². The van der Waals surface area contributed by atoms with Gasteiger partial charge < -0.3 is 9.64 Å². The zero-order valence-electron chi connectivity index (χ0n) is 14.5. The SMILES string of the molecule is CCCN(C)Cc1c[nH]nc1-c1ccc(Oc2ccccc2)c(F)c1. The summed E-state index contributed by atoms with van der Waals surface area (Å²) in [6.45, 7) is 3.92. The van der Waals surface area contributed by atoms with Crippen molar-refractivity contribution in [2.24, 2.45) is 0 Å². The maximum absolute atomic E-state index is 14.5. The van der Waals surface area contributed by atoms with Gasteiger partial charge in [0, 0.05) is 23.9 Å². The van der Waals surface area contributed by atoms with Crippen LogP contribution in [0.3, 0.4) is 0 Å². The molecule has 0 saturated carbocycles. The van der Waals surface area contributed by atoms with Crippen LogP contribution in [0.1, 0.15) is 18.9 Å². The monoisotopic (exact) mass is 339 g/mol. The van der Waals surface area contributed by atoms with E-state index in [1.807, 2.05) is 30.5 Å². The Bertz CT molecular complexity index is 817. The lowest BCUT2D eigenvalue weighted by molar-refractivity contribution is 0.328. The lowest BCUT2D eigenvalue weighted by Crippen LogP contribution is -2.18.